The predicted molar refractivity (Wildman–Crippen MR) is 237 cm³/mol. The van der Waals surface area contributed by atoms with E-state index in [1.807, 2.05) is 32.0 Å². The second kappa shape index (κ2) is 21.7. The fourth-order valence-electron chi connectivity index (χ4n) is 9.37. The molecular weight excluding hydrogens is 894 g/mol. The van der Waals surface area contributed by atoms with Crippen LogP contribution in [0.3, 0.4) is 0 Å². The summed E-state index contributed by atoms with van der Waals surface area (Å²) in [6.45, 7) is 13.5. The Morgan fingerprint density at radius 1 is 1.08 bits per heavy atom. The minimum atomic E-state index is -1.76. The summed E-state index contributed by atoms with van der Waals surface area (Å²) in [5, 5.41) is 17.4. The van der Waals surface area contributed by atoms with Crippen molar-refractivity contribution in [3.8, 4) is 0 Å². The molecule has 2 aromatic heterocycles. The molecule has 3 saturated heterocycles. The highest BCUT2D eigenvalue weighted by Gasteiger charge is 2.58. The van der Waals surface area contributed by atoms with E-state index >= 15 is 0 Å². The maximum Gasteiger partial charge on any atom is 0.408 e. The predicted octanol–water partition coefficient (Wildman–Crippen LogP) is 5.41. The van der Waals surface area contributed by atoms with Gasteiger partial charge in [0.2, 0.25) is 0 Å². The molecule has 0 saturated carbocycles. The van der Waals surface area contributed by atoms with Gasteiger partial charge in [-0.15, -0.1) is 0 Å². The molecule has 3 N–H and O–H groups in total. The Morgan fingerprint density at radius 3 is 2.45 bits per heavy atom. The van der Waals surface area contributed by atoms with Crippen LogP contribution in [-0.2, 0) is 49.2 Å². The van der Waals surface area contributed by atoms with Gasteiger partial charge in [0, 0.05) is 48.9 Å². The zero-order chi connectivity index (χ0) is 47.1. The van der Waals surface area contributed by atoms with Crippen LogP contribution in [-0.4, -0.2) is 131 Å². The Kier molecular flexibility index (Phi) is 17.1. The van der Waals surface area contributed by atoms with Crippen molar-refractivity contribution in [3.63, 3.8) is 0 Å². The summed E-state index contributed by atoms with van der Waals surface area (Å²) >= 11 is 3.32. The largest absolute Gasteiger partial charge is 0.461 e. The van der Waals surface area contributed by atoms with Gasteiger partial charge >= 0.3 is 24.1 Å². The fourth-order valence-corrected chi connectivity index (χ4v) is 9.60. The third-order valence-electron chi connectivity index (χ3n) is 12.7. The van der Waals surface area contributed by atoms with Gasteiger partial charge in [-0.05, 0) is 100 Å². The number of esters is 2. The van der Waals surface area contributed by atoms with E-state index in [0.717, 1.165) is 5.56 Å². The Hall–Kier alpha value is -4.49. The van der Waals surface area contributed by atoms with Gasteiger partial charge < -0.3 is 49.1 Å². The minimum Gasteiger partial charge on any atom is -0.461 e. The summed E-state index contributed by atoms with van der Waals surface area (Å²) in [4.78, 5) is 80.3. The quantitative estimate of drug-likeness (QED) is 0.146. The first-order valence-corrected chi connectivity index (χ1v) is 22.7. The van der Waals surface area contributed by atoms with Gasteiger partial charge in [0.05, 0.1) is 24.5 Å². The summed E-state index contributed by atoms with van der Waals surface area (Å²) < 4.78 is 38.5. The van der Waals surface area contributed by atoms with Crippen LogP contribution in [0.25, 0.3) is 6.08 Å². The van der Waals surface area contributed by atoms with Gasteiger partial charge in [-0.25, -0.2) is 14.6 Å². The molecule has 18 heteroatoms. The molecule has 64 heavy (non-hydrogen) atoms. The summed E-state index contributed by atoms with van der Waals surface area (Å²) in [7, 11) is 3.66. The highest BCUT2D eigenvalue weighted by Crippen LogP contribution is 2.42. The number of carbonyl (C=O) groups excluding carboxylic acids is 5. The number of cyclic esters (lactones) is 1. The highest BCUT2D eigenvalue weighted by molar-refractivity contribution is 9.10. The number of alkyl carbamates (subject to hydrolysis) is 2. The number of aliphatic hydroxyl groups is 1. The average Bonchev–Trinajstić information content (AvgIpc) is 3.56. The normalized spacial score (nSPS) is 35.1. The average molecular weight is 959 g/mol. The van der Waals surface area contributed by atoms with Crippen molar-refractivity contribution in [2.24, 2.45) is 23.7 Å². The number of Topliss-reactive ketones (excluding diaryl/α,β-unsaturated/α-hetero) is 1. The van der Waals surface area contributed by atoms with Crippen LogP contribution in [0.4, 0.5) is 9.59 Å². The van der Waals surface area contributed by atoms with Crippen LogP contribution < -0.4 is 10.6 Å². The molecule has 352 valence electrons. The number of hydrogen-bond donors (Lipinski definition) is 3. The molecule has 5 heterocycles. The van der Waals surface area contributed by atoms with Crippen LogP contribution in [0, 0.1) is 23.7 Å². The van der Waals surface area contributed by atoms with Crippen molar-refractivity contribution >= 4 is 51.9 Å². The molecule has 17 nitrogen and oxygen atoms in total. The standard InChI is InChI=1S/C46H64BrN5O12/c1-11-33-46(8)39(51-44(58)64-46)27(4)36(54)25(2)22-45(7,63-43(57)49-19-13-14-30-16-17-34(47)50-24-30)40(62-42-37(55)32(52(9)10)20-26(3)59-42)28(5)38(29(6)41(56)60-33)61-35(53)21-31-15-12-18-48-23-31/h12-18,23-29,32-33,37-40,42,55H,11,19-22H2,1-10H3,(H,49,57)(H,51,58)/t25-,26-,27+,28+,29-,32+,33-,37-,38+,39-,40-,42+,45-,46-/m1/s1. The summed E-state index contributed by atoms with van der Waals surface area (Å²) in [5.74, 6) is -5.74. The molecule has 0 aromatic carbocycles. The number of aliphatic hydroxyl groups excluding tert-OH is 1. The maximum atomic E-state index is 14.7. The van der Waals surface area contributed by atoms with E-state index in [1.165, 1.54) is 6.20 Å². The van der Waals surface area contributed by atoms with Crippen LogP contribution in [0.2, 0.25) is 0 Å². The van der Waals surface area contributed by atoms with Crippen LogP contribution in [0.5, 0.6) is 0 Å². The third kappa shape index (κ3) is 12.0. The first-order valence-electron chi connectivity index (χ1n) is 21.9. The summed E-state index contributed by atoms with van der Waals surface area (Å²) in [6, 6.07) is 5.70. The Labute approximate surface area is 383 Å². The van der Waals surface area contributed by atoms with Gasteiger partial charge in [0.15, 0.2) is 11.9 Å². The number of ether oxygens (including phenoxy) is 6. The minimum absolute atomic E-state index is 0.0417. The third-order valence-corrected chi connectivity index (χ3v) is 13.2. The number of likely N-dealkylation sites (N-methyl/N-ethyl adjacent to an activating group) is 1. The fraction of sp³-hybridized carbons (Fsp3) is 0.630. The smallest absolute Gasteiger partial charge is 0.408 e. The van der Waals surface area contributed by atoms with Crippen molar-refractivity contribution < 1.29 is 57.5 Å². The first kappa shape index (κ1) is 50.5. The zero-order valence-corrected chi connectivity index (χ0v) is 39.9. The first-order chi connectivity index (χ1) is 30.2. The van der Waals surface area contributed by atoms with E-state index in [2.05, 4.69) is 36.5 Å². The van der Waals surface area contributed by atoms with Gasteiger partial charge in [-0.2, -0.15) is 0 Å². The molecule has 3 aliphatic rings. The monoisotopic (exact) mass is 957 g/mol. The van der Waals surface area contributed by atoms with Crippen LogP contribution >= 0.6 is 15.9 Å². The van der Waals surface area contributed by atoms with Gasteiger partial charge in [0.25, 0.3) is 0 Å². The van der Waals surface area contributed by atoms with E-state index in [0.29, 0.717) is 16.6 Å². The number of carbonyl (C=O) groups is 5. The Morgan fingerprint density at radius 2 is 1.81 bits per heavy atom. The topological polar surface area (TPSA) is 214 Å². The molecule has 0 spiro atoms. The summed E-state index contributed by atoms with van der Waals surface area (Å²) in [5.41, 5.74) is -1.89. The number of pyridine rings is 2. The number of nitrogens with zero attached hydrogens (tertiary/aromatic N) is 3. The number of ketones is 1. The second-order valence-corrected chi connectivity index (χ2v) is 18.8. The summed E-state index contributed by atoms with van der Waals surface area (Å²) in [6.07, 6.45) is 0.395. The maximum absolute atomic E-state index is 14.7. The van der Waals surface area contributed by atoms with Gasteiger partial charge in [-0.1, -0.05) is 52.0 Å². The van der Waals surface area contributed by atoms with Crippen molar-refractivity contribution in [2.45, 2.75) is 141 Å². The van der Waals surface area contributed by atoms with Gasteiger partial charge in [-0.3, -0.25) is 19.4 Å². The number of aromatic nitrogens is 2. The number of halogens is 1. The van der Waals surface area contributed by atoms with E-state index in [4.69, 9.17) is 28.4 Å². The van der Waals surface area contributed by atoms with E-state index in [9.17, 15) is 29.1 Å². The second-order valence-electron chi connectivity index (χ2n) is 18.0. The Bertz CT molecular complexity index is 1970. The van der Waals surface area contributed by atoms with Crippen LogP contribution in [0.1, 0.15) is 85.8 Å². The molecule has 0 bridgehead atoms. The molecule has 3 fully saturated rings. The highest BCUT2D eigenvalue weighted by atomic mass is 79.9. The van der Waals surface area contributed by atoms with Crippen molar-refractivity contribution in [3.05, 3.63) is 64.7 Å². The lowest BCUT2D eigenvalue weighted by molar-refractivity contribution is -0.298. The van der Waals surface area contributed by atoms with E-state index in [-0.39, 0.29) is 37.7 Å². The molecule has 0 aliphatic carbocycles. The molecule has 2 amide bonds. The number of nitrogens with one attached hydrogen (secondary N) is 2. The van der Waals surface area contributed by atoms with Crippen molar-refractivity contribution in [2.75, 3.05) is 20.6 Å². The lowest BCUT2D eigenvalue weighted by Crippen LogP contribution is -2.61. The van der Waals surface area contributed by atoms with Crippen molar-refractivity contribution in [1.29, 1.82) is 0 Å². The lowest BCUT2D eigenvalue weighted by atomic mass is 9.73. The van der Waals surface area contributed by atoms with Crippen molar-refractivity contribution in [1.82, 2.24) is 25.5 Å². The number of amides is 2. The Balaban J connectivity index is 1.63. The molecule has 3 aliphatic heterocycles. The molecule has 0 radical (unpaired) electrons. The molecule has 14 atom stereocenters. The van der Waals surface area contributed by atoms with Gasteiger partial charge in [0.1, 0.15) is 40.4 Å². The molecule has 5 rings (SSSR count). The number of rotatable bonds is 11. The molecular formula is C46H64BrN5O12. The van der Waals surface area contributed by atoms with E-state index in [1.54, 1.807) is 91.2 Å². The molecule has 0 unspecified atom stereocenters. The number of hydrogen-bond acceptors (Lipinski definition) is 15. The zero-order valence-electron chi connectivity index (χ0n) is 38.3. The molecule has 2 aromatic rings. The lowest BCUT2D eigenvalue weighted by Gasteiger charge is -2.48. The number of fused-ring (bicyclic) bond motifs is 1. The van der Waals surface area contributed by atoms with Crippen LogP contribution in [0.15, 0.2) is 53.5 Å². The SMILES string of the molecule is CC[C@H]1OC(=O)[C@H](C)[C@@H](OC(=O)Cc2cccnc2)[C@H](C)[C@@H](O[C@@H]2O[C@H](C)C[C@H](N(C)C)[C@H]2O)[C@](C)(OC(=O)NCC=Cc2ccc(Br)nc2)C[C@@H](C)C(=O)[C@H](C)[C@H]2NC(=O)O[C@@]21C. The van der Waals surface area contributed by atoms with E-state index < -0.39 is 102 Å².